The zero-order chi connectivity index (χ0) is 22.3. The Morgan fingerprint density at radius 2 is 2.06 bits per heavy atom. The van der Waals surface area contributed by atoms with Gasteiger partial charge in [-0.3, -0.25) is 0 Å². The van der Waals surface area contributed by atoms with Gasteiger partial charge in [0.2, 0.25) is 0 Å². The van der Waals surface area contributed by atoms with Crippen LogP contribution in [-0.2, 0) is 10.9 Å². The van der Waals surface area contributed by atoms with Gasteiger partial charge in [-0.05, 0) is 23.6 Å². The highest BCUT2D eigenvalue weighted by molar-refractivity contribution is 7.12. The molecule has 0 fully saturated rings. The number of carbonyl (C=O) groups excluding carboxylic acids is 1. The number of nitrogens with zero attached hydrogens (tertiary/aromatic N) is 3. The molecular weight excluding hydrogens is 462 g/mol. The minimum atomic E-state index is -4.87. The first kappa shape index (κ1) is 21.1. The lowest BCUT2D eigenvalue weighted by atomic mass is 10.1. The number of ether oxygens (including phenoxy) is 1. The van der Waals surface area contributed by atoms with E-state index in [0.29, 0.717) is 4.68 Å². The molecule has 0 N–H and O–H groups in total. The van der Waals surface area contributed by atoms with E-state index in [1.165, 1.54) is 23.6 Å². The highest BCUT2D eigenvalue weighted by Gasteiger charge is 2.41. The highest BCUT2D eigenvalue weighted by atomic mass is 35.5. The first-order valence-electron chi connectivity index (χ1n) is 8.45. The van der Waals surface area contributed by atoms with Crippen molar-refractivity contribution in [2.75, 3.05) is 7.11 Å². The van der Waals surface area contributed by atoms with Gasteiger partial charge in [0.05, 0.1) is 35.1 Å². The number of carbonyl (C=O) groups is 1. The smallest absolute Gasteiger partial charge is 0.434 e. The van der Waals surface area contributed by atoms with Crippen molar-refractivity contribution >= 4 is 28.9 Å². The van der Waals surface area contributed by atoms with Crippen molar-refractivity contribution in [1.82, 2.24) is 14.9 Å². The predicted molar refractivity (Wildman–Crippen MR) is 104 cm³/mol. The summed E-state index contributed by atoms with van der Waals surface area (Å²) in [6.45, 7) is 0. The van der Waals surface area contributed by atoms with E-state index in [2.05, 4.69) is 15.0 Å². The predicted octanol–water partition coefficient (Wildman–Crippen LogP) is 5.85. The van der Waals surface area contributed by atoms with Gasteiger partial charge in [-0.2, -0.15) is 18.3 Å². The third kappa shape index (κ3) is 3.70. The lowest BCUT2D eigenvalue weighted by Crippen LogP contribution is -2.16. The van der Waals surface area contributed by atoms with E-state index < -0.39 is 29.2 Å². The summed E-state index contributed by atoms with van der Waals surface area (Å²) in [5, 5.41) is 8.93. The molecule has 3 aromatic heterocycles. The molecule has 1 aromatic carbocycles. The Morgan fingerprint density at radius 1 is 1.29 bits per heavy atom. The third-order valence-corrected chi connectivity index (χ3v) is 5.47. The molecule has 0 spiro atoms. The lowest BCUT2D eigenvalue weighted by Gasteiger charge is -2.12. The van der Waals surface area contributed by atoms with E-state index >= 15 is 0 Å². The Labute approximate surface area is 180 Å². The third-order valence-electron chi connectivity index (χ3n) is 4.28. The maximum absolute atomic E-state index is 14.2. The number of methoxy groups -OCH3 is 1. The molecular formula is C19H10ClF4N3O3S. The van der Waals surface area contributed by atoms with Crippen LogP contribution in [0.25, 0.3) is 28.3 Å². The normalized spacial score (nSPS) is 11.7. The van der Waals surface area contributed by atoms with Gasteiger partial charge in [0.15, 0.2) is 11.5 Å². The molecule has 0 aliphatic rings. The van der Waals surface area contributed by atoms with Crippen molar-refractivity contribution in [2.45, 2.75) is 6.18 Å². The van der Waals surface area contributed by atoms with Crippen LogP contribution in [0, 0.1) is 5.82 Å². The van der Waals surface area contributed by atoms with Gasteiger partial charge in [-0.25, -0.2) is 13.9 Å². The van der Waals surface area contributed by atoms with Crippen molar-refractivity contribution in [3.8, 4) is 28.3 Å². The molecule has 0 bridgehead atoms. The van der Waals surface area contributed by atoms with Gasteiger partial charge in [0.25, 0.3) is 0 Å². The molecule has 0 unspecified atom stereocenters. The Kier molecular flexibility index (Phi) is 5.31. The molecule has 0 radical (unpaired) electrons. The Hall–Kier alpha value is -3.18. The summed E-state index contributed by atoms with van der Waals surface area (Å²) in [7, 11) is 1.12. The minimum Gasteiger partial charge on any atom is -0.465 e. The van der Waals surface area contributed by atoms with Crippen LogP contribution in [-0.4, -0.2) is 28.0 Å². The van der Waals surface area contributed by atoms with Crippen molar-refractivity contribution in [3.05, 3.63) is 63.3 Å². The maximum Gasteiger partial charge on any atom is 0.434 e. The summed E-state index contributed by atoms with van der Waals surface area (Å²) < 4.78 is 66.3. The average Bonchev–Trinajstić information content (AvgIpc) is 3.44. The number of thiophene rings is 1. The van der Waals surface area contributed by atoms with Crippen molar-refractivity contribution in [1.29, 1.82) is 0 Å². The summed E-state index contributed by atoms with van der Waals surface area (Å²) in [5.41, 5.74) is -1.93. The Morgan fingerprint density at radius 3 is 2.74 bits per heavy atom. The Balaban J connectivity index is 1.86. The van der Waals surface area contributed by atoms with Crippen LogP contribution in [0.2, 0.25) is 5.02 Å². The zero-order valence-corrected chi connectivity index (χ0v) is 17.0. The second-order valence-corrected chi connectivity index (χ2v) is 7.44. The van der Waals surface area contributed by atoms with Gasteiger partial charge < -0.3 is 9.26 Å². The number of hydrogen-bond acceptors (Lipinski definition) is 6. The number of halogens is 5. The molecule has 0 saturated carbocycles. The van der Waals surface area contributed by atoms with Crippen LogP contribution in [0.5, 0.6) is 0 Å². The number of alkyl halides is 3. The number of esters is 1. The highest BCUT2D eigenvalue weighted by Crippen LogP contribution is 2.41. The van der Waals surface area contributed by atoms with Gasteiger partial charge in [0.1, 0.15) is 16.4 Å². The van der Waals surface area contributed by atoms with E-state index in [-0.39, 0.29) is 32.6 Å². The molecule has 0 saturated heterocycles. The second-order valence-electron chi connectivity index (χ2n) is 6.12. The summed E-state index contributed by atoms with van der Waals surface area (Å²) in [6.07, 6.45) is -3.95. The molecule has 0 aliphatic carbocycles. The number of benzene rings is 1. The summed E-state index contributed by atoms with van der Waals surface area (Å²) in [4.78, 5) is 11.9. The first-order valence-corrected chi connectivity index (χ1v) is 9.71. The monoisotopic (exact) mass is 471 g/mol. The summed E-state index contributed by atoms with van der Waals surface area (Å²) in [5.74, 6) is -1.81. The van der Waals surface area contributed by atoms with E-state index in [1.807, 2.05) is 0 Å². The average molecular weight is 472 g/mol. The fourth-order valence-corrected chi connectivity index (χ4v) is 4.01. The molecule has 0 atom stereocenters. The van der Waals surface area contributed by atoms with Crippen LogP contribution < -0.4 is 0 Å². The van der Waals surface area contributed by atoms with Crippen molar-refractivity contribution in [3.63, 3.8) is 0 Å². The number of aromatic nitrogens is 3. The van der Waals surface area contributed by atoms with Crippen molar-refractivity contribution in [2.24, 2.45) is 0 Å². The quantitative estimate of drug-likeness (QED) is 0.276. The van der Waals surface area contributed by atoms with Crippen LogP contribution in [0.15, 0.2) is 46.4 Å². The van der Waals surface area contributed by atoms with E-state index in [4.69, 9.17) is 16.1 Å². The molecule has 12 heteroatoms. The topological polar surface area (TPSA) is 70.2 Å². The SMILES string of the molecule is COC(=O)c1sccc1-n1ncc(-c2cc(-c3c(F)cccc3Cl)no2)c1C(F)(F)F. The molecule has 3 heterocycles. The van der Waals surface area contributed by atoms with E-state index in [9.17, 15) is 22.4 Å². The molecule has 4 aromatic rings. The minimum absolute atomic E-state index is 0.0209. The molecule has 0 aliphatic heterocycles. The van der Waals surface area contributed by atoms with Crippen LogP contribution in [0.4, 0.5) is 17.6 Å². The molecule has 6 nitrogen and oxygen atoms in total. The Bertz CT molecular complexity index is 1260. The fraction of sp³-hybridized carbons (Fsp3) is 0.105. The van der Waals surface area contributed by atoms with E-state index in [1.54, 1.807) is 0 Å². The molecule has 31 heavy (non-hydrogen) atoms. The first-order chi connectivity index (χ1) is 14.7. The standard InChI is InChI=1S/C19H10ClF4N3O3S/c1-29-18(28)16-13(5-6-31-16)27-17(19(22,23)24)9(8-25-27)14-7-12(26-30-14)15-10(20)3-2-4-11(15)21/h2-8H,1H3. The second kappa shape index (κ2) is 7.82. The van der Waals surface area contributed by atoms with Crippen LogP contribution in [0.1, 0.15) is 15.4 Å². The molecule has 0 amide bonds. The summed E-state index contributed by atoms with van der Waals surface area (Å²) in [6, 6.07) is 6.38. The van der Waals surface area contributed by atoms with Gasteiger partial charge in [-0.15, -0.1) is 11.3 Å². The number of rotatable bonds is 4. The zero-order valence-electron chi connectivity index (χ0n) is 15.4. The van der Waals surface area contributed by atoms with Gasteiger partial charge in [0, 0.05) is 6.07 Å². The van der Waals surface area contributed by atoms with Crippen LogP contribution >= 0.6 is 22.9 Å². The fourth-order valence-electron chi connectivity index (χ4n) is 2.96. The number of hydrogen-bond donors (Lipinski definition) is 0. The molecule has 160 valence electrons. The van der Waals surface area contributed by atoms with Crippen LogP contribution in [0.3, 0.4) is 0 Å². The lowest BCUT2D eigenvalue weighted by molar-refractivity contribution is -0.142. The van der Waals surface area contributed by atoms with Gasteiger partial charge in [-0.1, -0.05) is 22.8 Å². The van der Waals surface area contributed by atoms with E-state index in [0.717, 1.165) is 36.8 Å². The van der Waals surface area contributed by atoms with Gasteiger partial charge >= 0.3 is 12.1 Å². The largest absolute Gasteiger partial charge is 0.465 e. The molecule has 4 rings (SSSR count). The maximum atomic E-state index is 14.2. The van der Waals surface area contributed by atoms with Crippen molar-refractivity contribution < 1.29 is 31.6 Å². The summed E-state index contributed by atoms with van der Waals surface area (Å²) >= 11 is 6.91.